The van der Waals surface area contributed by atoms with Crippen molar-refractivity contribution in [1.29, 1.82) is 0 Å². The second-order valence-electron chi connectivity index (χ2n) is 5.44. The highest BCUT2D eigenvalue weighted by molar-refractivity contribution is 5.83. The molecule has 3 rings (SSSR count). The van der Waals surface area contributed by atoms with Crippen molar-refractivity contribution < 1.29 is 4.92 Å². The third-order valence-corrected chi connectivity index (χ3v) is 3.88. The first-order chi connectivity index (χ1) is 11.5. The predicted octanol–water partition coefficient (Wildman–Crippen LogP) is 1.79. The van der Waals surface area contributed by atoms with E-state index in [1.807, 2.05) is 42.5 Å². The largest absolute Gasteiger partial charge is 0.383 e. The first kappa shape index (κ1) is 15.5. The van der Waals surface area contributed by atoms with Gasteiger partial charge in [0.05, 0.1) is 11.5 Å². The van der Waals surface area contributed by atoms with Crippen LogP contribution in [0.25, 0.3) is 10.8 Å². The van der Waals surface area contributed by atoms with Gasteiger partial charge in [0.2, 0.25) is 12.5 Å². The average molecular weight is 324 g/mol. The maximum Gasteiger partial charge on any atom is 0.223 e. The molecule has 1 aromatic heterocycles. The van der Waals surface area contributed by atoms with Gasteiger partial charge >= 0.3 is 0 Å². The number of fused-ring (bicyclic) bond motifs is 1. The van der Waals surface area contributed by atoms with E-state index in [2.05, 4.69) is 9.97 Å². The lowest BCUT2D eigenvalue weighted by Crippen LogP contribution is -2.19. The summed E-state index contributed by atoms with van der Waals surface area (Å²) < 4.78 is 0. The Bertz CT molecular complexity index is 904. The van der Waals surface area contributed by atoms with Gasteiger partial charge in [0, 0.05) is 4.92 Å². The highest BCUT2D eigenvalue weighted by Crippen LogP contribution is 2.33. The van der Waals surface area contributed by atoms with E-state index in [4.69, 9.17) is 17.2 Å². The molecule has 0 radical (unpaired) electrons. The summed E-state index contributed by atoms with van der Waals surface area (Å²) in [5.41, 5.74) is 18.4. The molecule has 0 spiro atoms. The molecule has 0 aliphatic heterocycles. The molecule has 0 amide bonds. The topological polar surface area (TPSA) is 147 Å². The predicted molar refractivity (Wildman–Crippen MR) is 92.9 cm³/mol. The van der Waals surface area contributed by atoms with Gasteiger partial charge in [-0.3, -0.25) is 10.1 Å². The van der Waals surface area contributed by atoms with E-state index in [-0.39, 0.29) is 24.1 Å². The molecule has 3 aromatic rings. The molecule has 0 saturated heterocycles. The number of nitrogen functional groups attached to an aromatic ring is 3. The van der Waals surface area contributed by atoms with Gasteiger partial charge in [0.1, 0.15) is 11.6 Å². The molecular formula is C16H16N6O2. The number of nitrogens with zero attached hydrogens (tertiary/aromatic N) is 3. The Morgan fingerprint density at radius 1 is 1.00 bits per heavy atom. The molecule has 1 heterocycles. The van der Waals surface area contributed by atoms with E-state index in [1.54, 1.807) is 0 Å². The van der Waals surface area contributed by atoms with E-state index in [0.717, 1.165) is 16.3 Å². The van der Waals surface area contributed by atoms with Crippen molar-refractivity contribution >= 4 is 28.4 Å². The molecule has 1 atom stereocenters. The second-order valence-corrected chi connectivity index (χ2v) is 5.44. The molecule has 0 saturated carbocycles. The molecule has 1 unspecified atom stereocenters. The summed E-state index contributed by atoms with van der Waals surface area (Å²) >= 11 is 0. The van der Waals surface area contributed by atoms with Crippen molar-refractivity contribution in [3.63, 3.8) is 0 Å². The van der Waals surface area contributed by atoms with Crippen LogP contribution >= 0.6 is 0 Å². The smallest absolute Gasteiger partial charge is 0.223 e. The molecule has 24 heavy (non-hydrogen) atoms. The summed E-state index contributed by atoms with van der Waals surface area (Å²) in [5, 5.41) is 13.2. The minimum atomic E-state index is -0.662. The Kier molecular flexibility index (Phi) is 3.87. The van der Waals surface area contributed by atoms with Crippen molar-refractivity contribution in [2.24, 2.45) is 0 Å². The third kappa shape index (κ3) is 2.89. The fourth-order valence-corrected chi connectivity index (χ4v) is 2.82. The van der Waals surface area contributed by atoms with E-state index in [1.165, 1.54) is 0 Å². The van der Waals surface area contributed by atoms with Crippen LogP contribution in [-0.4, -0.2) is 21.4 Å². The SMILES string of the molecule is Nc1nc(N)c(C(C[N+](=O)[O-])c2ccc3ccccc3c2)c(N)n1. The zero-order valence-corrected chi connectivity index (χ0v) is 12.7. The molecule has 2 aromatic carbocycles. The van der Waals surface area contributed by atoms with Crippen LogP contribution in [0.2, 0.25) is 0 Å². The number of nitro groups is 1. The molecule has 8 heteroatoms. The molecule has 0 bridgehead atoms. The summed E-state index contributed by atoms with van der Waals surface area (Å²) in [6.45, 7) is -0.375. The quantitative estimate of drug-likeness (QED) is 0.489. The molecule has 6 N–H and O–H groups in total. The monoisotopic (exact) mass is 324 g/mol. The first-order valence-electron chi connectivity index (χ1n) is 7.24. The number of anilines is 3. The van der Waals surface area contributed by atoms with Crippen LogP contribution in [0.1, 0.15) is 17.0 Å². The van der Waals surface area contributed by atoms with E-state index >= 15 is 0 Å². The van der Waals surface area contributed by atoms with Gasteiger partial charge in [0.15, 0.2) is 0 Å². The van der Waals surface area contributed by atoms with Gasteiger partial charge < -0.3 is 17.2 Å². The number of nitrogens with two attached hydrogens (primary N) is 3. The third-order valence-electron chi connectivity index (χ3n) is 3.88. The lowest BCUT2D eigenvalue weighted by atomic mass is 9.90. The summed E-state index contributed by atoms with van der Waals surface area (Å²) in [4.78, 5) is 18.5. The van der Waals surface area contributed by atoms with Crippen molar-refractivity contribution in [3.05, 3.63) is 63.7 Å². The summed E-state index contributed by atoms with van der Waals surface area (Å²) in [6.07, 6.45) is 0. The van der Waals surface area contributed by atoms with Crippen molar-refractivity contribution in [3.8, 4) is 0 Å². The number of hydrogen-bond donors (Lipinski definition) is 3. The maximum absolute atomic E-state index is 11.2. The minimum Gasteiger partial charge on any atom is -0.383 e. The molecule has 8 nitrogen and oxygen atoms in total. The van der Waals surface area contributed by atoms with Crippen LogP contribution in [0.3, 0.4) is 0 Å². The highest BCUT2D eigenvalue weighted by atomic mass is 16.6. The second kappa shape index (κ2) is 5.99. The van der Waals surface area contributed by atoms with E-state index < -0.39 is 10.8 Å². The molecule has 0 fully saturated rings. The van der Waals surface area contributed by atoms with Crippen molar-refractivity contribution in [2.75, 3.05) is 23.7 Å². The number of rotatable bonds is 4. The van der Waals surface area contributed by atoms with Crippen LogP contribution in [0.15, 0.2) is 42.5 Å². The Morgan fingerprint density at radius 2 is 1.62 bits per heavy atom. The van der Waals surface area contributed by atoms with Gasteiger partial charge in [-0.25, -0.2) is 0 Å². The lowest BCUT2D eigenvalue weighted by molar-refractivity contribution is -0.481. The van der Waals surface area contributed by atoms with Gasteiger partial charge in [-0.2, -0.15) is 9.97 Å². The first-order valence-corrected chi connectivity index (χ1v) is 7.24. The zero-order valence-electron chi connectivity index (χ0n) is 12.7. The fraction of sp³-hybridized carbons (Fsp3) is 0.125. The highest BCUT2D eigenvalue weighted by Gasteiger charge is 2.26. The Hall–Kier alpha value is -3.42. The van der Waals surface area contributed by atoms with Crippen LogP contribution < -0.4 is 17.2 Å². The van der Waals surface area contributed by atoms with Crippen molar-refractivity contribution in [2.45, 2.75) is 5.92 Å². The standard InChI is InChI=1S/C16H16N6O2/c17-14-13(15(18)21-16(19)20-14)12(8-22(23)24)11-6-5-9-3-1-2-4-10(9)7-11/h1-7,12H,8H2,(H6,17,18,19,20,21). The number of benzene rings is 2. The Morgan fingerprint density at radius 3 is 2.25 bits per heavy atom. The molecule has 0 aliphatic carbocycles. The van der Waals surface area contributed by atoms with Crippen LogP contribution in [0, 0.1) is 10.1 Å². The normalized spacial score (nSPS) is 12.2. The molecule has 122 valence electrons. The summed E-state index contributed by atoms with van der Waals surface area (Å²) in [7, 11) is 0. The molecule has 0 aliphatic rings. The Labute approximate surface area is 137 Å². The van der Waals surface area contributed by atoms with Gasteiger partial charge in [0.25, 0.3) is 0 Å². The Balaban J connectivity index is 2.17. The molecular weight excluding hydrogens is 308 g/mol. The van der Waals surface area contributed by atoms with Crippen LogP contribution in [-0.2, 0) is 0 Å². The minimum absolute atomic E-state index is 0.0556. The summed E-state index contributed by atoms with van der Waals surface area (Å²) in [5.74, 6) is -0.614. The van der Waals surface area contributed by atoms with E-state index in [9.17, 15) is 10.1 Å². The van der Waals surface area contributed by atoms with E-state index in [0.29, 0.717) is 5.56 Å². The number of aromatic nitrogens is 2. The average Bonchev–Trinajstić information content (AvgIpc) is 2.52. The zero-order chi connectivity index (χ0) is 17.3. The van der Waals surface area contributed by atoms with Crippen molar-refractivity contribution in [1.82, 2.24) is 9.97 Å². The number of hydrogen-bond acceptors (Lipinski definition) is 7. The fourth-order valence-electron chi connectivity index (χ4n) is 2.82. The van der Waals surface area contributed by atoms with Crippen LogP contribution in [0.5, 0.6) is 0 Å². The van der Waals surface area contributed by atoms with Gasteiger partial charge in [-0.1, -0.05) is 42.5 Å². The summed E-state index contributed by atoms with van der Waals surface area (Å²) in [6, 6.07) is 13.4. The van der Waals surface area contributed by atoms with Crippen LogP contribution in [0.4, 0.5) is 17.6 Å². The lowest BCUT2D eigenvalue weighted by Gasteiger charge is -2.17. The van der Waals surface area contributed by atoms with Gasteiger partial charge in [-0.15, -0.1) is 0 Å². The maximum atomic E-state index is 11.2. The van der Waals surface area contributed by atoms with Gasteiger partial charge in [-0.05, 0) is 16.3 Å².